The molecule has 0 saturated carbocycles. The van der Waals surface area contributed by atoms with Crippen molar-refractivity contribution in [1.82, 2.24) is 15.6 Å². The fourth-order valence-electron chi connectivity index (χ4n) is 4.05. The number of H-pyrrole nitrogens is 1. The van der Waals surface area contributed by atoms with Crippen molar-refractivity contribution in [3.05, 3.63) is 36.0 Å². The first-order valence-corrected chi connectivity index (χ1v) is 8.93. The molecule has 3 heterocycles. The Balaban J connectivity index is 1.29. The highest BCUT2D eigenvalue weighted by molar-refractivity contribution is 5.84. The summed E-state index contributed by atoms with van der Waals surface area (Å²) in [6.07, 6.45) is 6.35. The van der Waals surface area contributed by atoms with Crippen molar-refractivity contribution in [1.29, 1.82) is 0 Å². The number of benzene rings is 1. The third-order valence-electron chi connectivity index (χ3n) is 5.39. The van der Waals surface area contributed by atoms with Gasteiger partial charge in [0.05, 0.1) is 18.2 Å². The number of piperidine rings is 1. The third kappa shape index (κ3) is 3.19. The van der Waals surface area contributed by atoms with Gasteiger partial charge in [0.1, 0.15) is 0 Å². The van der Waals surface area contributed by atoms with E-state index in [9.17, 15) is 4.79 Å². The zero-order valence-corrected chi connectivity index (χ0v) is 13.9. The van der Waals surface area contributed by atoms with Crippen LogP contribution < -0.4 is 10.6 Å². The molecular formula is C19H25N3O2. The van der Waals surface area contributed by atoms with Crippen molar-refractivity contribution in [2.75, 3.05) is 19.7 Å². The van der Waals surface area contributed by atoms with Crippen molar-refractivity contribution in [3.63, 3.8) is 0 Å². The van der Waals surface area contributed by atoms with E-state index in [1.165, 1.54) is 10.9 Å². The van der Waals surface area contributed by atoms with Crippen LogP contribution >= 0.6 is 0 Å². The zero-order valence-electron chi connectivity index (χ0n) is 13.9. The van der Waals surface area contributed by atoms with Crippen LogP contribution in [0.5, 0.6) is 0 Å². The largest absolute Gasteiger partial charge is 0.373 e. The average Bonchev–Trinajstić information content (AvgIpc) is 3.18. The first kappa shape index (κ1) is 15.7. The summed E-state index contributed by atoms with van der Waals surface area (Å²) in [6, 6.07) is 8.39. The maximum atomic E-state index is 12.3. The molecule has 0 radical (unpaired) electrons. The molecule has 0 unspecified atom stereocenters. The lowest BCUT2D eigenvalue weighted by atomic mass is 9.88. The fraction of sp³-hybridized carbons (Fsp3) is 0.526. The fourth-order valence-corrected chi connectivity index (χ4v) is 4.05. The summed E-state index contributed by atoms with van der Waals surface area (Å²) in [5.74, 6) is 0.125. The van der Waals surface area contributed by atoms with Gasteiger partial charge in [-0.15, -0.1) is 0 Å². The Morgan fingerprint density at radius 3 is 3.00 bits per heavy atom. The minimum absolute atomic E-state index is 0.0000366. The topological polar surface area (TPSA) is 66.2 Å². The second-order valence-corrected chi connectivity index (χ2v) is 7.07. The number of ether oxygens (including phenoxy) is 1. The molecule has 5 heteroatoms. The highest BCUT2D eigenvalue weighted by Gasteiger charge is 2.41. The zero-order chi connectivity index (χ0) is 16.4. The molecule has 1 amide bonds. The van der Waals surface area contributed by atoms with Crippen LogP contribution in [0, 0.1) is 0 Å². The van der Waals surface area contributed by atoms with E-state index < -0.39 is 0 Å². The van der Waals surface area contributed by atoms with Gasteiger partial charge in [-0.25, -0.2) is 0 Å². The quantitative estimate of drug-likeness (QED) is 0.806. The first-order valence-electron chi connectivity index (χ1n) is 8.93. The number of amides is 1. The lowest BCUT2D eigenvalue weighted by Gasteiger charge is -2.32. The van der Waals surface area contributed by atoms with Crippen LogP contribution in [-0.2, 0) is 16.0 Å². The third-order valence-corrected chi connectivity index (χ3v) is 5.39. The van der Waals surface area contributed by atoms with Crippen LogP contribution in [0.2, 0.25) is 0 Å². The van der Waals surface area contributed by atoms with Gasteiger partial charge in [0, 0.05) is 23.5 Å². The molecule has 1 aromatic heterocycles. The predicted octanol–water partition coefficient (Wildman–Crippen LogP) is 2.13. The van der Waals surface area contributed by atoms with Gasteiger partial charge in [0.25, 0.3) is 0 Å². The summed E-state index contributed by atoms with van der Waals surface area (Å²) in [5.41, 5.74) is 2.34. The standard InChI is InChI=1S/C19H25N3O2/c23-18(6-5-14-12-21-17-4-2-1-3-16(14)17)22-15-11-19(24-13-15)7-9-20-10-8-19/h1-4,12,15,20-21H,5-11,13H2,(H,22,23)/t15-/m1/s1. The van der Waals surface area contributed by atoms with Gasteiger partial charge in [-0.1, -0.05) is 18.2 Å². The summed E-state index contributed by atoms with van der Waals surface area (Å²) >= 11 is 0. The molecule has 0 bridgehead atoms. The Labute approximate surface area is 142 Å². The molecule has 2 aromatic rings. The second kappa shape index (κ2) is 6.57. The van der Waals surface area contributed by atoms with Gasteiger partial charge in [0.15, 0.2) is 0 Å². The highest BCUT2D eigenvalue weighted by atomic mass is 16.5. The Morgan fingerprint density at radius 1 is 1.29 bits per heavy atom. The number of nitrogens with one attached hydrogen (secondary N) is 3. The van der Waals surface area contributed by atoms with Crippen LogP contribution in [0.15, 0.2) is 30.5 Å². The molecule has 0 aliphatic carbocycles. The molecule has 128 valence electrons. The lowest BCUT2D eigenvalue weighted by Crippen LogP contribution is -2.43. The minimum Gasteiger partial charge on any atom is -0.373 e. The number of rotatable bonds is 4. The molecular weight excluding hydrogens is 302 g/mol. The van der Waals surface area contributed by atoms with Gasteiger partial charge in [-0.05, 0) is 50.4 Å². The normalized spacial score (nSPS) is 22.9. The van der Waals surface area contributed by atoms with Crippen LogP contribution in [0.25, 0.3) is 10.9 Å². The van der Waals surface area contributed by atoms with E-state index in [1.54, 1.807) is 0 Å². The SMILES string of the molecule is O=C(CCc1c[nH]c2ccccc12)N[C@H]1COC2(CCNCC2)C1. The number of aryl methyl sites for hydroxylation is 1. The van der Waals surface area contributed by atoms with Crippen LogP contribution in [0.4, 0.5) is 0 Å². The average molecular weight is 327 g/mol. The molecule has 24 heavy (non-hydrogen) atoms. The Morgan fingerprint density at radius 2 is 2.12 bits per heavy atom. The van der Waals surface area contributed by atoms with E-state index in [2.05, 4.69) is 27.8 Å². The summed E-state index contributed by atoms with van der Waals surface area (Å²) in [5, 5.41) is 7.75. The molecule has 4 rings (SSSR count). The summed E-state index contributed by atoms with van der Waals surface area (Å²) in [4.78, 5) is 15.6. The number of carbonyl (C=O) groups excluding carboxylic acids is 1. The van der Waals surface area contributed by atoms with E-state index >= 15 is 0 Å². The van der Waals surface area contributed by atoms with Crippen LogP contribution in [0.3, 0.4) is 0 Å². The van der Waals surface area contributed by atoms with Crippen molar-refractivity contribution in [2.45, 2.75) is 43.7 Å². The number of hydrogen-bond acceptors (Lipinski definition) is 3. The first-order chi connectivity index (χ1) is 11.7. The van der Waals surface area contributed by atoms with E-state index in [1.807, 2.05) is 18.3 Å². The minimum atomic E-state index is 0.0000366. The summed E-state index contributed by atoms with van der Waals surface area (Å²) in [7, 11) is 0. The molecule has 2 aliphatic rings. The molecule has 2 saturated heterocycles. The predicted molar refractivity (Wildman–Crippen MR) is 94.0 cm³/mol. The summed E-state index contributed by atoms with van der Waals surface area (Å²) in [6.45, 7) is 2.68. The van der Waals surface area contributed by atoms with E-state index in [0.717, 1.165) is 44.3 Å². The van der Waals surface area contributed by atoms with Crippen molar-refractivity contribution in [2.24, 2.45) is 0 Å². The van der Waals surface area contributed by atoms with Crippen molar-refractivity contribution in [3.8, 4) is 0 Å². The molecule has 1 spiro atoms. The molecule has 3 N–H and O–H groups in total. The number of aromatic amines is 1. The van der Waals surface area contributed by atoms with Crippen molar-refractivity contribution < 1.29 is 9.53 Å². The monoisotopic (exact) mass is 327 g/mol. The molecule has 2 aliphatic heterocycles. The van der Waals surface area contributed by atoms with Gasteiger partial charge in [-0.3, -0.25) is 4.79 Å². The highest BCUT2D eigenvalue weighted by Crippen LogP contribution is 2.33. The second-order valence-electron chi connectivity index (χ2n) is 7.07. The van der Waals surface area contributed by atoms with E-state index in [0.29, 0.717) is 13.0 Å². The van der Waals surface area contributed by atoms with E-state index in [4.69, 9.17) is 4.74 Å². The number of hydrogen-bond donors (Lipinski definition) is 3. The Hall–Kier alpha value is -1.85. The molecule has 1 atom stereocenters. The number of fused-ring (bicyclic) bond motifs is 1. The molecule has 1 aromatic carbocycles. The molecule has 2 fully saturated rings. The maximum absolute atomic E-state index is 12.3. The van der Waals surface area contributed by atoms with E-state index in [-0.39, 0.29) is 17.6 Å². The Bertz CT molecular complexity index is 718. The van der Waals surface area contributed by atoms with Crippen LogP contribution in [-0.4, -0.2) is 42.2 Å². The smallest absolute Gasteiger partial charge is 0.220 e. The maximum Gasteiger partial charge on any atom is 0.220 e. The molecule has 5 nitrogen and oxygen atoms in total. The Kier molecular flexibility index (Phi) is 4.29. The van der Waals surface area contributed by atoms with Crippen molar-refractivity contribution >= 4 is 16.8 Å². The number of aromatic nitrogens is 1. The number of carbonyl (C=O) groups is 1. The number of para-hydroxylation sites is 1. The lowest BCUT2D eigenvalue weighted by molar-refractivity contribution is -0.121. The van der Waals surface area contributed by atoms with Gasteiger partial charge >= 0.3 is 0 Å². The van der Waals surface area contributed by atoms with Gasteiger partial charge in [0.2, 0.25) is 5.91 Å². The summed E-state index contributed by atoms with van der Waals surface area (Å²) < 4.78 is 6.04. The van der Waals surface area contributed by atoms with Crippen LogP contribution in [0.1, 0.15) is 31.2 Å². The van der Waals surface area contributed by atoms with Gasteiger partial charge in [-0.2, -0.15) is 0 Å². The van der Waals surface area contributed by atoms with Gasteiger partial charge < -0.3 is 20.4 Å².